The topological polar surface area (TPSA) is 88.1 Å². The van der Waals surface area contributed by atoms with E-state index in [1.54, 1.807) is 42.5 Å². The molecule has 1 atom stereocenters. The third kappa shape index (κ3) is 6.35. The average Bonchev–Trinajstić information content (AvgIpc) is 2.64. The maximum atomic E-state index is 12.5. The minimum atomic E-state index is -3.73. The number of sulfonamides is 1. The van der Waals surface area contributed by atoms with Gasteiger partial charge in [0, 0.05) is 10.6 Å². The average molecular weight is 458 g/mol. The van der Waals surface area contributed by atoms with E-state index in [1.807, 2.05) is 6.92 Å². The van der Waals surface area contributed by atoms with E-state index in [0.717, 1.165) is 10.6 Å². The van der Waals surface area contributed by atoms with Gasteiger partial charge in [-0.05, 0) is 50.2 Å². The second kappa shape index (κ2) is 9.96. The molecule has 0 unspecified atom stereocenters. The van der Waals surface area contributed by atoms with Crippen LogP contribution in [0, 0.1) is 0 Å². The van der Waals surface area contributed by atoms with Gasteiger partial charge >= 0.3 is 0 Å². The highest BCUT2D eigenvalue weighted by Crippen LogP contribution is 2.24. The number of benzene rings is 2. The van der Waals surface area contributed by atoms with Crippen LogP contribution in [0.2, 0.25) is 10.0 Å². The molecule has 0 fully saturated rings. The van der Waals surface area contributed by atoms with Crippen LogP contribution in [0.4, 0.5) is 5.69 Å². The Labute approximate surface area is 180 Å². The Morgan fingerprint density at radius 3 is 2.45 bits per heavy atom. The zero-order valence-electron chi connectivity index (χ0n) is 16.1. The van der Waals surface area contributed by atoms with E-state index in [1.165, 1.54) is 13.1 Å². The number of amides is 1. The summed E-state index contributed by atoms with van der Waals surface area (Å²) in [6, 6.07) is 10.2. The molecule has 29 heavy (non-hydrogen) atoms. The first-order valence-electron chi connectivity index (χ1n) is 8.63. The molecule has 2 aromatic carbocycles. The zero-order chi connectivity index (χ0) is 21.6. The molecule has 2 rings (SSSR count). The number of hydrogen-bond donors (Lipinski definition) is 1. The van der Waals surface area contributed by atoms with E-state index in [4.69, 9.17) is 27.9 Å². The molecule has 0 aliphatic heterocycles. The number of hydrazone groups is 1. The summed E-state index contributed by atoms with van der Waals surface area (Å²) in [6.07, 6.45) is 2.38. The SMILES string of the molecule is CCOc1ccc(N([C@H](C)C(=O)N/N=C\c2ccc(Cl)cc2Cl)S(C)(=O)=O)cc1. The maximum absolute atomic E-state index is 12.5. The summed E-state index contributed by atoms with van der Waals surface area (Å²) in [6.45, 7) is 3.81. The molecule has 0 spiro atoms. The molecule has 0 heterocycles. The van der Waals surface area contributed by atoms with Crippen LogP contribution in [0.1, 0.15) is 19.4 Å². The molecule has 1 N–H and O–H groups in total. The van der Waals surface area contributed by atoms with Gasteiger partial charge in [0.25, 0.3) is 5.91 Å². The van der Waals surface area contributed by atoms with Crippen molar-refractivity contribution in [3.8, 4) is 5.75 Å². The van der Waals surface area contributed by atoms with Crippen LogP contribution >= 0.6 is 23.2 Å². The van der Waals surface area contributed by atoms with E-state index in [-0.39, 0.29) is 0 Å². The Balaban J connectivity index is 2.17. The van der Waals surface area contributed by atoms with Crippen molar-refractivity contribution in [1.82, 2.24) is 5.43 Å². The van der Waals surface area contributed by atoms with Crippen molar-refractivity contribution >= 4 is 51.0 Å². The van der Waals surface area contributed by atoms with E-state index in [2.05, 4.69) is 10.5 Å². The quantitative estimate of drug-likeness (QED) is 0.483. The Bertz CT molecular complexity index is 995. The Hall–Kier alpha value is -2.29. The number of rotatable bonds is 8. The molecular formula is C19H21Cl2N3O4S. The van der Waals surface area contributed by atoms with Crippen molar-refractivity contribution in [3.05, 3.63) is 58.1 Å². The van der Waals surface area contributed by atoms with Crippen LogP contribution in [-0.4, -0.2) is 39.4 Å². The standard InChI is InChI=1S/C19H21Cl2N3O4S/c1-4-28-17-9-7-16(8-10-17)24(29(3,26)27)13(2)19(25)23-22-12-14-5-6-15(20)11-18(14)21/h5-13H,4H2,1-3H3,(H,23,25)/b22-12-/t13-/m1/s1. The van der Waals surface area contributed by atoms with Crippen molar-refractivity contribution in [2.75, 3.05) is 17.2 Å². The molecular weight excluding hydrogens is 437 g/mol. The number of ether oxygens (including phenoxy) is 1. The summed E-state index contributed by atoms with van der Waals surface area (Å²) in [7, 11) is -3.73. The molecule has 1 amide bonds. The predicted molar refractivity (Wildman–Crippen MR) is 117 cm³/mol. The third-order valence-corrected chi connectivity index (χ3v) is 5.64. The van der Waals surface area contributed by atoms with Gasteiger partial charge in [0.15, 0.2) is 0 Å². The van der Waals surface area contributed by atoms with E-state index in [9.17, 15) is 13.2 Å². The van der Waals surface area contributed by atoms with Crippen molar-refractivity contribution < 1.29 is 17.9 Å². The largest absolute Gasteiger partial charge is 0.494 e. The third-order valence-electron chi connectivity index (χ3n) is 3.83. The van der Waals surface area contributed by atoms with Crippen molar-refractivity contribution in [1.29, 1.82) is 0 Å². The smallest absolute Gasteiger partial charge is 0.263 e. The van der Waals surface area contributed by atoms with Crippen LogP contribution in [0.15, 0.2) is 47.6 Å². The van der Waals surface area contributed by atoms with E-state index < -0.39 is 22.0 Å². The Morgan fingerprint density at radius 1 is 1.24 bits per heavy atom. The number of carbonyl (C=O) groups excluding carboxylic acids is 1. The summed E-state index contributed by atoms with van der Waals surface area (Å²) in [5.74, 6) is -0.00288. The summed E-state index contributed by atoms with van der Waals surface area (Å²) in [5.41, 5.74) is 3.22. The summed E-state index contributed by atoms with van der Waals surface area (Å²) < 4.78 is 31.0. The van der Waals surface area contributed by atoms with Gasteiger partial charge in [-0.2, -0.15) is 5.10 Å². The molecule has 0 bridgehead atoms. The van der Waals surface area contributed by atoms with Gasteiger partial charge in [-0.3, -0.25) is 9.10 Å². The van der Waals surface area contributed by atoms with E-state index in [0.29, 0.717) is 33.7 Å². The first-order chi connectivity index (χ1) is 13.6. The Kier molecular flexibility index (Phi) is 7.89. The molecule has 2 aromatic rings. The van der Waals surface area contributed by atoms with Gasteiger partial charge in [0.1, 0.15) is 11.8 Å². The van der Waals surface area contributed by atoms with Crippen molar-refractivity contribution in [2.24, 2.45) is 5.10 Å². The van der Waals surface area contributed by atoms with Crippen molar-refractivity contribution in [3.63, 3.8) is 0 Å². The van der Waals surface area contributed by atoms with Crippen LogP contribution < -0.4 is 14.5 Å². The second-order valence-electron chi connectivity index (χ2n) is 6.06. The number of hydrogen-bond acceptors (Lipinski definition) is 5. The number of anilines is 1. The van der Waals surface area contributed by atoms with Gasteiger partial charge in [-0.25, -0.2) is 13.8 Å². The highest BCUT2D eigenvalue weighted by Gasteiger charge is 2.29. The second-order valence-corrected chi connectivity index (χ2v) is 8.76. The molecule has 0 saturated carbocycles. The summed E-state index contributed by atoms with van der Waals surface area (Å²) in [5, 5.41) is 4.70. The first kappa shape index (κ1) is 23.0. The minimum Gasteiger partial charge on any atom is -0.494 e. The zero-order valence-corrected chi connectivity index (χ0v) is 18.4. The van der Waals surface area contributed by atoms with Crippen molar-refractivity contribution in [2.45, 2.75) is 19.9 Å². The van der Waals surface area contributed by atoms with Gasteiger partial charge in [-0.1, -0.05) is 29.3 Å². The fourth-order valence-corrected chi connectivity index (χ4v) is 4.16. The lowest BCUT2D eigenvalue weighted by Gasteiger charge is -2.27. The van der Waals surface area contributed by atoms with E-state index >= 15 is 0 Å². The molecule has 0 aliphatic rings. The van der Waals surface area contributed by atoms with Crippen LogP contribution in [0.25, 0.3) is 0 Å². The monoisotopic (exact) mass is 457 g/mol. The maximum Gasteiger partial charge on any atom is 0.263 e. The summed E-state index contributed by atoms with van der Waals surface area (Å²) >= 11 is 11.9. The first-order valence-corrected chi connectivity index (χ1v) is 11.2. The highest BCUT2D eigenvalue weighted by molar-refractivity contribution is 7.92. The normalized spacial score (nSPS) is 12.6. The van der Waals surface area contributed by atoms with Crippen LogP contribution in [0.5, 0.6) is 5.75 Å². The molecule has 10 heteroatoms. The lowest BCUT2D eigenvalue weighted by atomic mass is 10.2. The molecule has 156 valence electrons. The fourth-order valence-electron chi connectivity index (χ4n) is 2.53. The Morgan fingerprint density at radius 2 is 1.90 bits per heavy atom. The molecule has 0 radical (unpaired) electrons. The van der Waals surface area contributed by atoms with Gasteiger partial charge < -0.3 is 4.74 Å². The van der Waals surface area contributed by atoms with Gasteiger partial charge in [0.2, 0.25) is 10.0 Å². The lowest BCUT2D eigenvalue weighted by Crippen LogP contribution is -2.46. The van der Waals surface area contributed by atoms with Crippen LogP contribution in [0.3, 0.4) is 0 Å². The number of nitrogens with one attached hydrogen (secondary N) is 1. The minimum absolute atomic E-state index is 0.336. The van der Waals surface area contributed by atoms with Crippen LogP contribution in [-0.2, 0) is 14.8 Å². The molecule has 0 aromatic heterocycles. The molecule has 7 nitrogen and oxygen atoms in total. The lowest BCUT2D eigenvalue weighted by molar-refractivity contribution is -0.121. The fraction of sp³-hybridized carbons (Fsp3) is 0.263. The number of carbonyl (C=O) groups is 1. The molecule has 0 aliphatic carbocycles. The number of nitrogens with zero attached hydrogens (tertiary/aromatic N) is 2. The predicted octanol–water partition coefficient (Wildman–Crippen LogP) is 3.70. The molecule has 0 saturated heterocycles. The van der Waals surface area contributed by atoms with Gasteiger partial charge in [-0.15, -0.1) is 0 Å². The number of halogens is 2. The highest BCUT2D eigenvalue weighted by atomic mass is 35.5. The summed E-state index contributed by atoms with van der Waals surface area (Å²) in [4.78, 5) is 12.5. The van der Waals surface area contributed by atoms with Gasteiger partial charge in [0.05, 0.1) is 29.8 Å².